The van der Waals surface area contributed by atoms with E-state index in [2.05, 4.69) is 58.2 Å². The molecule has 0 bridgehead atoms. The maximum absolute atomic E-state index is 12.8. The number of hydrogen-bond donors (Lipinski definition) is 1. The number of carbonyl (C=O) groups is 1. The standard InChI is InChI=1S/C25H34N4O/c1-19-14-20(2)17-28(16-19)18-22-9-7-21(8-10-22)15-27-25(30)23-6-5-11-26-24(23)29-12-3-4-13-29/h5-11,19-20H,3-4,12-18H2,1-2H3,(H,27,30). The van der Waals surface area contributed by atoms with Crippen LogP contribution in [0.5, 0.6) is 0 Å². The van der Waals surface area contributed by atoms with Gasteiger partial charge in [0.05, 0.1) is 5.56 Å². The lowest BCUT2D eigenvalue weighted by molar-refractivity contribution is 0.0951. The molecule has 5 heteroatoms. The van der Waals surface area contributed by atoms with E-state index in [9.17, 15) is 4.79 Å². The fourth-order valence-corrected chi connectivity index (χ4v) is 4.97. The molecule has 2 aromatic rings. The summed E-state index contributed by atoms with van der Waals surface area (Å²) < 4.78 is 0. The Hall–Kier alpha value is -2.40. The van der Waals surface area contributed by atoms with Crippen molar-refractivity contribution in [3.63, 3.8) is 0 Å². The smallest absolute Gasteiger partial charge is 0.255 e. The predicted octanol–water partition coefficient (Wildman–Crippen LogP) is 4.09. The molecule has 4 rings (SSSR count). The van der Waals surface area contributed by atoms with Gasteiger partial charge in [0.15, 0.2) is 0 Å². The summed E-state index contributed by atoms with van der Waals surface area (Å²) in [6.07, 6.45) is 5.44. The fraction of sp³-hybridized carbons (Fsp3) is 0.520. The van der Waals surface area contributed by atoms with E-state index in [0.717, 1.165) is 42.9 Å². The summed E-state index contributed by atoms with van der Waals surface area (Å²) >= 11 is 0. The van der Waals surface area contributed by atoms with Crippen LogP contribution in [0.4, 0.5) is 5.82 Å². The summed E-state index contributed by atoms with van der Waals surface area (Å²) in [4.78, 5) is 22.1. The molecule has 1 aromatic heterocycles. The Morgan fingerprint density at radius 1 is 1.03 bits per heavy atom. The van der Waals surface area contributed by atoms with Gasteiger partial charge in [0.2, 0.25) is 0 Å². The molecule has 2 fully saturated rings. The molecule has 2 aliphatic rings. The number of piperidine rings is 1. The molecule has 0 radical (unpaired) electrons. The number of carbonyl (C=O) groups excluding carboxylic acids is 1. The van der Waals surface area contributed by atoms with E-state index >= 15 is 0 Å². The van der Waals surface area contributed by atoms with Crippen LogP contribution < -0.4 is 10.2 Å². The van der Waals surface area contributed by atoms with Crippen LogP contribution in [-0.2, 0) is 13.1 Å². The number of amides is 1. The molecule has 30 heavy (non-hydrogen) atoms. The molecule has 0 aliphatic carbocycles. The minimum Gasteiger partial charge on any atom is -0.356 e. The van der Waals surface area contributed by atoms with Crippen LogP contribution in [0.15, 0.2) is 42.6 Å². The first-order chi connectivity index (χ1) is 14.6. The Kier molecular flexibility index (Phi) is 6.68. The number of nitrogens with one attached hydrogen (secondary N) is 1. The average Bonchev–Trinajstić information content (AvgIpc) is 3.27. The minimum absolute atomic E-state index is 0.0506. The summed E-state index contributed by atoms with van der Waals surface area (Å²) in [6, 6.07) is 12.4. The number of aromatic nitrogens is 1. The number of nitrogens with zero attached hydrogens (tertiary/aromatic N) is 3. The zero-order chi connectivity index (χ0) is 20.9. The van der Waals surface area contributed by atoms with Crippen LogP contribution in [0.2, 0.25) is 0 Å². The molecule has 160 valence electrons. The second kappa shape index (κ2) is 9.61. The Morgan fingerprint density at radius 2 is 1.70 bits per heavy atom. The average molecular weight is 407 g/mol. The van der Waals surface area contributed by atoms with Gasteiger partial charge in [0, 0.05) is 45.5 Å². The van der Waals surface area contributed by atoms with Crippen LogP contribution in [-0.4, -0.2) is 42.0 Å². The number of pyridine rings is 1. The van der Waals surface area contributed by atoms with Crippen molar-refractivity contribution in [1.29, 1.82) is 0 Å². The highest BCUT2D eigenvalue weighted by Gasteiger charge is 2.22. The molecule has 0 spiro atoms. The molecule has 1 N–H and O–H groups in total. The molecule has 1 amide bonds. The molecule has 0 saturated carbocycles. The van der Waals surface area contributed by atoms with Gasteiger partial charge in [-0.1, -0.05) is 38.1 Å². The lowest BCUT2D eigenvalue weighted by Crippen LogP contribution is -2.38. The van der Waals surface area contributed by atoms with Crippen molar-refractivity contribution in [2.75, 3.05) is 31.1 Å². The number of rotatable bonds is 6. The molecular formula is C25H34N4O. The second-order valence-electron chi connectivity index (χ2n) is 9.21. The van der Waals surface area contributed by atoms with E-state index in [0.29, 0.717) is 12.1 Å². The number of benzene rings is 1. The highest BCUT2D eigenvalue weighted by molar-refractivity contribution is 5.98. The number of hydrogen-bond acceptors (Lipinski definition) is 4. The van der Waals surface area contributed by atoms with Crippen molar-refractivity contribution < 1.29 is 4.79 Å². The van der Waals surface area contributed by atoms with Gasteiger partial charge in [-0.25, -0.2) is 4.98 Å². The van der Waals surface area contributed by atoms with Crippen molar-refractivity contribution in [3.8, 4) is 0 Å². The van der Waals surface area contributed by atoms with E-state index in [1.54, 1.807) is 6.20 Å². The summed E-state index contributed by atoms with van der Waals surface area (Å²) in [5.74, 6) is 2.32. The highest BCUT2D eigenvalue weighted by Crippen LogP contribution is 2.23. The van der Waals surface area contributed by atoms with Gasteiger partial charge in [-0.05, 0) is 54.4 Å². The van der Waals surface area contributed by atoms with Crippen LogP contribution in [0.3, 0.4) is 0 Å². The quantitative estimate of drug-likeness (QED) is 0.785. The maximum Gasteiger partial charge on any atom is 0.255 e. The van der Waals surface area contributed by atoms with E-state index in [-0.39, 0.29) is 5.91 Å². The van der Waals surface area contributed by atoms with Gasteiger partial charge in [0.1, 0.15) is 5.82 Å². The SMILES string of the molecule is CC1CC(C)CN(Cc2ccc(CNC(=O)c3cccnc3N3CCCC3)cc2)C1. The molecule has 5 nitrogen and oxygen atoms in total. The molecule has 2 saturated heterocycles. The maximum atomic E-state index is 12.8. The monoisotopic (exact) mass is 406 g/mol. The topological polar surface area (TPSA) is 48.5 Å². The largest absolute Gasteiger partial charge is 0.356 e. The highest BCUT2D eigenvalue weighted by atomic mass is 16.1. The number of anilines is 1. The van der Waals surface area contributed by atoms with Gasteiger partial charge in [0.25, 0.3) is 5.91 Å². The van der Waals surface area contributed by atoms with Crippen molar-refractivity contribution >= 4 is 11.7 Å². The van der Waals surface area contributed by atoms with Crippen LogP contribution in [0.25, 0.3) is 0 Å². The van der Waals surface area contributed by atoms with E-state index in [1.165, 1.54) is 37.9 Å². The normalized spacial score (nSPS) is 22.3. The van der Waals surface area contributed by atoms with E-state index in [4.69, 9.17) is 0 Å². The first-order valence-electron chi connectivity index (χ1n) is 11.4. The third-order valence-electron chi connectivity index (χ3n) is 6.26. The molecule has 2 atom stereocenters. The van der Waals surface area contributed by atoms with Crippen LogP contribution >= 0.6 is 0 Å². The van der Waals surface area contributed by atoms with Gasteiger partial charge in [-0.2, -0.15) is 0 Å². The Balaban J connectivity index is 1.33. The van der Waals surface area contributed by atoms with Gasteiger partial charge >= 0.3 is 0 Å². The van der Waals surface area contributed by atoms with Crippen molar-refractivity contribution in [2.45, 2.75) is 46.2 Å². The first kappa shape index (κ1) is 20.9. The lowest BCUT2D eigenvalue weighted by atomic mass is 9.91. The predicted molar refractivity (Wildman–Crippen MR) is 122 cm³/mol. The third kappa shape index (κ3) is 5.20. The minimum atomic E-state index is -0.0506. The Morgan fingerprint density at radius 3 is 2.40 bits per heavy atom. The number of likely N-dealkylation sites (tertiary alicyclic amines) is 1. The van der Waals surface area contributed by atoms with E-state index < -0.39 is 0 Å². The van der Waals surface area contributed by atoms with Crippen molar-refractivity contribution in [3.05, 3.63) is 59.3 Å². The summed E-state index contributed by atoms with van der Waals surface area (Å²) in [6.45, 7) is 10.6. The zero-order valence-corrected chi connectivity index (χ0v) is 18.3. The molecule has 2 unspecified atom stereocenters. The Labute approximate surface area is 180 Å². The van der Waals surface area contributed by atoms with Crippen LogP contribution in [0, 0.1) is 11.8 Å². The molecule has 2 aliphatic heterocycles. The van der Waals surface area contributed by atoms with E-state index in [1.807, 2.05) is 12.1 Å². The summed E-state index contributed by atoms with van der Waals surface area (Å²) in [5, 5.41) is 3.08. The molecule has 1 aromatic carbocycles. The fourth-order valence-electron chi connectivity index (χ4n) is 4.97. The van der Waals surface area contributed by atoms with Gasteiger partial charge in [-0.15, -0.1) is 0 Å². The van der Waals surface area contributed by atoms with Gasteiger partial charge < -0.3 is 10.2 Å². The van der Waals surface area contributed by atoms with Crippen LogP contribution in [0.1, 0.15) is 54.6 Å². The zero-order valence-electron chi connectivity index (χ0n) is 18.3. The molecular weight excluding hydrogens is 372 g/mol. The Bertz CT molecular complexity index is 834. The lowest BCUT2D eigenvalue weighted by Gasteiger charge is -2.35. The van der Waals surface area contributed by atoms with Crippen molar-refractivity contribution in [1.82, 2.24) is 15.2 Å². The summed E-state index contributed by atoms with van der Waals surface area (Å²) in [5.41, 5.74) is 3.14. The van der Waals surface area contributed by atoms with Crippen molar-refractivity contribution in [2.24, 2.45) is 11.8 Å². The molecule has 3 heterocycles. The summed E-state index contributed by atoms with van der Waals surface area (Å²) in [7, 11) is 0. The second-order valence-corrected chi connectivity index (χ2v) is 9.21. The first-order valence-corrected chi connectivity index (χ1v) is 11.4. The third-order valence-corrected chi connectivity index (χ3v) is 6.26. The van der Waals surface area contributed by atoms with Gasteiger partial charge in [-0.3, -0.25) is 9.69 Å².